The van der Waals surface area contributed by atoms with Crippen LogP contribution in [0.15, 0.2) is 10.6 Å². The highest BCUT2D eigenvalue weighted by Gasteiger charge is 2.21. The van der Waals surface area contributed by atoms with Gasteiger partial charge in [0.25, 0.3) is 0 Å². The summed E-state index contributed by atoms with van der Waals surface area (Å²) in [6.07, 6.45) is 2.41. The molecule has 0 aromatic carbocycles. The highest BCUT2D eigenvalue weighted by Crippen LogP contribution is 2.18. The van der Waals surface area contributed by atoms with Crippen molar-refractivity contribution in [1.82, 2.24) is 15.7 Å². The fraction of sp³-hybridized carbons (Fsp3) is 0.500. The first-order valence-electron chi connectivity index (χ1n) is 5.18. The first-order chi connectivity index (χ1) is 7.66. The summed E-state index contributed by atoms with van der Waals surface area (Å²) in [5.41, 5.74) is 6.61. The normalized spacial score (nSPS) is 16.0. The lowest BCUT2D eigenvalue weighted by atomic mass is 10.3. The third-order valence-electron chi connectivity index (χ3n) is 2.31. The van der Waals surface area contributed by atoms with Gasteiger partial charge in [-0.3, -0.25) is 5.43 Å². The summed E-state index contributed by atoms with van der Waals surface area (Å²) < 4.78 is 0. The summed E-state index contributed by atoms with van der Waals surface area (Å²) in [7, 11) is 0. The number of nitrogens with zero attached hydrogens (tertiary/aromatic N) is 2. The Bertz CT molecular complexity index is 420. The summed E-state index contributed by atoms with van der Waals surface area (Å²) in [5, 5.41) is 8.01. The van der Waals surface area contributed by atoms with Crippen molar-refractivity contribution in [2.24, 2.45) is 5.10 Å². The molecule has 16 heavy (non-hydrogen) atoms. The average molecular weight is 254 g/mol. The number of hydrazone groups is 1. The molecule has 1 fully saturated rings. The largest absolute Gasteiger partial charge is 0.359 e. The van der Waals surface area contributed by atoms with Gasteiger partial charge in [0.1, 0.15) is 0 Å². The van der Waals surface area contributed by atoms with E-state index in [1.54, 1.807) is 11.3 Å². The zero-order valence-corrected chi connectivity index (χ0v) is 10.9. The second kappa shape index (κ2) is 4.88. The first kappa shape index (κ1) is 11.5. The molecule has 0 atom stereocenters. The molecule has 0 unspecified atom stereocenters. The van der Waals surface area contributed by atoms with Crippen molar-refractivity contribution in [2.45, 2.75) is 32.7 Å². The third-order valence-corrected chi connectivity index (χ3v) is 3.56. The molecule has 2 N–H and O–H groups in total. The van der Waals surface area contributed by atoms with Crippen LogP contribution >= 0.6 is 23.6 Å². The molecule has 0 radical (unpaired) electrons. The molecule has 1 aliphatic carbocycles. The van der Waals surface area contributed by atoms with Gasteiger partial charge in [-0.25, -0.2) is 4.98 Å². The Balaban J connectivity index is 1.91. The average Bonchev–Trinajstić information content (AvgIpc) is 2.95. The highest BCUT2D eigenvalue weighted by molar-refractivity contribution is 7.80. The van der Waals surface area contributed by atoms with Crippen molar-refractivity contribution in [1.29, 1.82) is 0 Å². The van der Waals surface area contributed by atoms with Crippen molar-refractivity contribution < 1.29 is 0 Å². The third kappa shape index (κ3) is 2.99. The maximum atomic E-state index is 5.11. The quantitative estimate of drug-likeness (QED) is 0.490. The molecule has 0 amide bonds. The lowest BCUT2D eigenvalue weighted by Crippen LogP contribution is -2.34. The van der Waals surface area contributed by atoms with E-state index in [-0.39, 0.29) is 0 Å². The zero-order valence-electron chi connectivity index (χ0n) is 9.28. The van der Waals surface area contributed by atoms with Gasteiger partial charge >= 0.3 is 0 Å². The summed E-state index contributed by atoms with van der Waals surface area (Å²) in [4.78, 5) is 5.28. The van der Waals surface area contributed by atoms with Crippen LogP contribution in [-0.2, 0) is 0 Å². The molecular weight excluding hydrogens is 240 g/mol. The smallest absolute Gasteiger partial charge is 0.187 e. The Morgan fingerprint density at radius 3 is 2.94 bits per heavy atom. The Labute approximate surface area is 104 Å². The Morgan fingerprint density at radius 2 is 2.38 bits per heavy atom. The maximum Gasteiger partial charge on any atom is 0.187 e. The van der Waals surface area contributed by atoms with Crippen LogP contribution in [0.2, 0.25) is 0 Å². The van der Waals surface area contributed by atoms with Gasteiger partial charge in [0.2, 0.25) is 0 Å². The van der Waals surface area contributed by atoms with Gasteiger partial charge in [0, 0.05) is 6.04 Å². The van der Waals surface area contributed by atoms with Gasteiger partial charge < -0.3 is 5.32 Å². The van der Waals surface area contributed by atoms with Crippen LogP contribution in [0.3, 0.4) is 0 Å². The van der Waals surface area contributed by atoms with E-state index in [2.05, 4.69) is 20.8 Å². The number of hydrogen-bond acceptors (Lipinski definition) is 4. The molecule has 0 saturated heterocycles. The predicted molar refractivity (Wildman–Crippen MR) is 71.0 cm³/mol. The van der Waals surface area contributed by atoms with Crippen molar-refractivity contribution in [3.05, 3.63) is 16.1 Å². The SMILES string of the molecule is C/C(=N\NC(=S)NC1CC1)c1scnc1C. The minimum Gasteiger partial charge on any atom is -0.359 e. The molecule has 1 aromatic heterocycles. The minimum atomic E-state index is 0.556. The number of thiocarbonyl (C=S) groups is 1. The molecule has 1 aliphatic rings. The molecule has 1 aromatic rings. The van der Waals surface area contributed by atoms with Crippen LogP contribution in [-0.4, -0.2) is 21.8 Å². The summed E-state index contributed by atoms with van der Waals surface area (Å²) in [5.74, 6) is 0. The standard InChI is InChI=1S/C10H14N4S2/c1-6-9(16-5-11-6)7(2)13-14-10(15)12-8-3-4-8/h5,8H,3-4H2,1-2H3,(H2,12,14,15)/b13-7+. The zero-order chi connectivity index (χ0) is 11.5. The molecule has 4 nitrogen and oxygen atoms in total. The molecule has 0 spiro atoms. The van der Waals surface area contributed by atoms with Gasteiger partial charge in [0.05, 0.1) is 21.8 Å². The van der Waals surface area contributed by atoms with Crippen LogP contribution in [0.1, 0.15) is 30.3 Å². The van der Waals surface area contributed by atoms with Crippen molar-refractivity contribution in [3.63, 3.8) is 0 Å². The number of rotatable bonds is 3. The molecule has 0 aliphatic heterocycles. The van der Waals surface area contributed by atoms with E-state index in [1.165, 1.54) is 12.8 Å². The molecule has 86 valence electrons. The van der Waals surface area contributed by atoms with Gasteiger partial charge in [-0.05, 0) is 38.9 Å². The Kier molecular flexibility index (Phi) is 3.50. The van der Waals surface area contributed by atoms with Crippen molar-refractivity contribution >= 4 is 34.4 Å². The first-order valence-corrected chi connectivity index (χ1v) is 6.47. The van der Waals surface area contributed by atoms with Gasteiger partial charge in [-0.15, -0.1) is 11.3 Å². The number of hydrogen-bond donors (Lipinski definition) is 2. The molecular formula is C10H14N4S2. The minimum absolute atomic E-state index is 0.556. The fourth-order valence-corrected chi connectivity index (χ4v) is 2.25. The second-order valence-electron chi connectivity index (χ2n) is 3.82. The number of aryl methyl sites for hydroxylation is 1. The maximum absolute atomic E-state index is 5.11. The monoisotopic (exact) mass is 254 g/mol. The number of aromatic nitrogens is 1. The summed E-state index contributed by atoms with van der Waals surface area (Å²) in [6.45, 7) is 3.93. The molecule has 0 bridgehead atoms. The number of nitrogens with one attached hydrogen (secondary N) is 2. The highest BCUT2D eigenvalue weighted by atomic mass is 32.1. The molecule has 6 heteroatoms. The molecule has 1 saturated carbocycles. The van der Waals surface area contributed by atoms with E-state index < -0.39 is 0 Å². The van der Waals surface area contributed by atoms with Crippen molar-refractivity contribution in [2.75, 3.05) is 0 Å². The fourth-order valence-electron chi connectivity index (χ4n) is 1.28. The van der Waals surface area contributed by atoms with E-state index in [0.29, 0.717) is 11.2 Å². The van der Waals surface area contributed by atoms with Crippen LogP contribution < -0.4 is 10.7 Å². The lowest BCUT2D eigenvalue weighted by molar-refractivity contribution is 0.861. The second-order valence-corrected chi connectivity index (χ2v) is 5.09. The van der Waals surface area contributed by atoms with Crippen LogP contribution in [0.25, 0.3) is 0 Å². The molecule has 2 rings (SSSR count). The van der Waals surface area contributed by atoms with Gasteiger partial charge in [-0.2, -0.15) is 5.10 Å². The lowest BCUT2D eigenvalue weighted by Gasteiger charge is -2.05. The van der Waals surface area contributed by atoms with E-state index in [4.69, 9.17) is 12.2 Å². The van der Waals surface area contributed by atoms with E-state index in [1.807, 2.05) is 19.4 Å². The topological polar surface area (TPSA) is 49.3 Å². The Hall–Kier alpha value is -1.01. The van der Waals surface area contributed by atoms with E-state index >= 15 is 0 Å². The van der Waals surface area contributed by atoms with Gasteiger partial charge in [-0.1, -0.05) is 0 Å². The summed E-state index contributed by atoms with van der Waals surface area (Å²) in [6, 6.07) is 0.556. The molecule has 1 heterocycles. The number of thiazole rings is 1. The van der Waals surface area contributed by atoms with Crippen LogP contribution in [0.4, 0.5) is 0 Å². The predicted octanol–water partition coefficient (Wildman–Crippen LogP) is 1.80. The van der Waals surface area contributed by atoms with Crippen LogP contribution in [0, 0.1) is 6.92 Å². The van der Waals surface area contributed by atoms with E-state index in [0.717, 1.165) is 16.3 Å². The van der Waals surface area contributed by atoms with Crippen LogP contribution in [0.5, 0.6) is 0 Å². The van der Waals surface area contributed by atoms with E-state index in [9.17, 15) is 0 Å². The van der Waals surface area contributed by atoms with Gasteiger partial charge in [0.15, 0.2) is 5.11 Å². The van der Waals surface area contributed by atoms with Crippen molar-refractivity contribution in [3.8, 4) is 0 Å². The summed E-state index contributed by atoms with van der Waals surface area (Å²) >= 11 is 6.70. The Morgan fingerprint density at radius 1 is 1.62 bits per heavy atom.